The number of rotatable bonds is 3. The van der Waals surface area contributed by atoms with Crippen molar-refractivity contribution in [1.82, 2.24) is 4.98 Å². The number of nitriles is 2. The normalized spacial score (nSPS) is 9.05. The Morgan fingerprint density at radius 2 is 2.21 bits per heavy atom. The average Bonchev–Trinajstić information content (AvgIpc) is 2.42. The molecule has 1 amide bonds. The van der Waals surface area contributed by atoms with Crippen LogP contribution in [-0.2, 0) is 0 Å². The fraction of sp³-hybridized carbons (Fsp3) is 0.167. The van der Waals surface area contributed by atoms with E-state index in [-0.39, 0.29) is 10.8 Å². The molecule has 0 aliphatic heterocycles. The van der Waals surface area contributed by atoms with Crippen LogP contribution in [0.5, 0.6) is 0 Å². The predicted molar refractivity (Wildman–Crippen MR) is 74.6 cm³/mol. The van der Waals surface area contributed by atoms with Crippen molar-refractivity contribution in [2.45, 2.75) is 6.92 Å². The highest BCUT2D eigenvalue weighted by Crippen LogP contribution is 2.20. The third kappa shape index (κ3) is 4.29. The van der Waals surface area contributed by atoms with Crippen molar-refractivity contribution < 1.29 is 4.79 Å². The van der Waals surface area contributed by atoms with E-state index in [0.29, 0.717) is 16.6 Å². The van der Waals surface area contributed by atoms with E-state index in [0.717, 1.165) is 16.7 Å². The Morgan fingerprint density at radius 1 is 1.53 bits per heavy atom. The molecule has 0 saturated carbocycles. The van der Waals surface area contributed by atoms with Gasteiger partial charge in [0.25, 0.3) is 5.24 Å². The van der Waals surface area contributed by atoms with Crippen LogP contribution in [0.25, 0.3) is 0 Å². The molecule has 1 aromatic rings. The van der Waals surface area contributed by atoms with Crippen molar-refractivity contribution in [1.29, 1.82) is 10.5 Å². The second-order valence-corrected chi connectivity index (χ2v) is 4.82. The number of pyridine rings is 1. The summed E-state index contributed by atoms with van der Waals surface area (Å²) in [5.41, 5.74) is -0.179. The fourth-order valence-corrected chi connectivity index (χ4v) is 1.77. The molecule has 96 valence electrons. The predicted octanol–water partition coefficient (Wildman–Crippen LogP) is 3.35. The lowest BCUT2D eigenvalue weighted by Crippen LogP contribution is -2.22. The zero-order valence-corrected chi connectivity index (χ0v) is 11.6. The molecular weight excluding hydrogens is 284 g/mol. The number of carbonyl (C=O) groups excluding carboxylic acids is 1. The largest absolute Gasteiger partial charge is 0.291 e. The van der Waals surface area contributed by atoms with Gasteiger partial charge in [0, 0.05) is 12.4 Å². The van der Waals surface area contributed by atoms with Crippen LogP contribution in [-0.4, -0.2) is 16.0 Å². The zero-order chi connectivity index (χ0) is 14.3. The van der Waals surface area contributed by atoms with E-state index >= 15 is 0 Å². The van der Waals surface area contributed by atoms with E-state index in [1.54, 1.807) is 24.3 Å². The van der Waals surface area contributed by atoms with Gasteiger partial charge in [0.15, 0.2) is 0 Å². The van der Waals surface area contributed by atoms with E-state index in [9.17, 15) is 4.79 Å². The molecule has 0 unspecified atom stereocenters. The summed E-state index contributed by atoms with van der Waals surface area (Å²) in [5, 5.41) is 17.6. The van der Waals surface area contributed by atoms with E-state index in [4.69, 9.17) is 22.1 Å². The van der Waals surface area contributed by atoms with Gasteiger partial charge in [-0.2, -0.15) is 10.5 Å². The van der Waals surface area contributed by atoms with Crippen molar-refractivity contribution in [3.05, 3.63) is 35.1 Å². The number of hydrogen-bond donors (Lipinski definition) is 0. The molecule has 7 heteroatoms. The van der Waals surface area contributed by atoms with Gasteiger partial charge in [0.2, 0.25) is 0 Å². The molecule has 19 heavy (non-hydrogen) atoms. The highest BCUT2D eigenvalue weighted by Gasteiger charge is 2.16. The number of amides is 1. The van der Waals surface area contributed by atoms with Crippen molar-refractivity contribution in [2.75, 3.05) is 10.7 Å². The molecule has 0 bridgehead atoms. The molecule has 5 nitrogen and oxygen atoms in total. The Labute approximate surface area is 120 Å². The molecular formula is C12H9ClN4OS. The van der Waals surface area contributed by atoms with E-state index in [2.05, 4.69) is 4.98 Å². The van der Waals surface area contributed by atoms with Crippen LogP contribution in [0.2, 0.25) is 5.02 Å². The fourth-order valence-electron chi connectivity index (χ4n) is 1.13. The van der Waals surface area contributed by atoms with E-state index in [1.165, 1.54) is 12.4 Å². The second kappa shape index (κ2) is 7.42. The van der Waals surface area contributed by atoms with Crippen molar-refractivity contribution in [2.24, 2.45) is 0 Å². The lowest BCUT2D eigenvalue weighted by atomic mass is 10.3. The Balaban J connectivity index is 3.17. The van der Waals surface area contributed by atoms with Gasteiger partial charge in [-0.25, -0.2) is 4.98 Å². The average molecular weight is 293 g/mol. The molecule has 1 heterocycles. The summed E-state index contributed by atoms with van der Waals surface area (Å²) in [6.07, 6.45) is 2.56. The molecule has 0 aliphatic carbocycles. The van der Waals surface area contributed by atoms with Gasteiger partial charge in [-0.1, -0.05) is 30.3 Å². The molecule has 0 aliphatic rings. The molecule has 0 radical (unpaired) electrons. The standard InChI is InChI=1S/C12H9ClN4OS/c1-2-19-12(18)17(8-9(5-14)6-15)11-4-3-10(13)7-16-11/h3-4,7-8H,2H2,1H3. The number of halogens is 1. The molecule has 1 aromatic heterocycles. The molecule has 0 fully saturated rings. The van der Waals surface area contributed by atoms with Crippen molar-refractivity contribution in [3.8, 4) is 12.1 Å². The Hall–Kier alpha value is -2.02. The highest BCUT2D eigenvalue weighted by molar-refractivity contribution is 8.13. The molecule has 1 rings (SSSR count). The van der Waals surface area contributed by atoms with Gasteiger partial charge in [-0.05, 0) is 17.9 Å². The first-order valence-corrected chi connectivity index (χ1v) is 6.58. The smallest absolute Gasteiger partial charge is 0.261 e. The number of anilines is 1. The second-order valence-electron chi connectivity index (χ2n) is 3.17. The number of allylic oxidation sites excluding steroid dienone is 1. The Kier molecular flexibility index (Phi) is 5.87. The molecule has 0 aromatic carbocycles. The maximum absolute atomic E-state index is 11.9. The lowest BCUT2D eigenvalue weighted by molar-refractivity contribution is 0.266. The number of aromatic nitrogens is 1. The van der Waals surface area contributed by atoms with Crippen LogP contribution in [0.15, 0.2) is 30.1 Å². The van der Waals surface area contributed by atoms with Crippen LogP contribution >= 0.6 is 23.4 Å². The van der Waals surface area contributed by atoms with Gasteiger partial charge in [0.1, 0.15) is 23.5 Å². The van der Waals surface area contributed by atoms with Crippen LogP contribution in [0, 0.1) is 22.7 Å². The number of hydrogen-bond acceptors (Lipinski definition) is 5. The zero-order valence-electron chi connectivity index (χ0n) is 10.00. The van der Waals surface area contributed by atoms with Gasteiger partial charge < -0.3 is 0 Å². The quantitative estimate of drug-likeness (QED) is 0.798. The van der Waals surface area contributed by atoms with Crippen LogP contribution < -0.4 is 4.90 Å². The molecule has 0 saturated heterocycles. The highest BCUT2D eigenvalue weighted by atomic mass is 35.5. The minimum Gasteiger partial charge on any atom is -0.261 e. The summed E-state index contributed by atoms with van der Waals surface area (Å²) in [5.74, 6) is 0.879. The van der Waals surface area contributed by atoms with Crippen molar-refractivity contribution >= 4 is 34.4 Å². The number of carbonyl (C=O) groups is 1. The first-order valence-electron chi connectivity index (χ1n) is 5.22. The molecule has 0 atom stereocenters. The first kappa shape index (κ1) is 15.0. The SMILES string of the molecule is CCSC(=O)N(C=C(C#N)C#N)c1ccc(Cl)cn1. The Bertz CT molecular complexity index is 555. The first-order chi connectivity index (χ1) is 9.12. The van der Waals surface area contributed by atoms with Gasteiger partial charge in [-0.15, -0.1) is 0 Å². The minimum atomic E-state index is -0.319. The monoisotopic (exact) mass is 292 g/mol. The van der Waals surface area contributed by atoms with E-state index in [1.807, 2.05) is 6.92 Å². The third-order valence-electron chi connectivity index (χ3n) is 1.92. The van der Waals surface area contributed by atoms with Gasteiger partial charge >= 0.3 is 0 Å². The Morgan fingerprint density at radius 3 is 2.68 bits per heavy atom. The summed E-state index contributed by atoms with van der Waals surface area (Å²) < 4.78 is 0. The molecule has 0 spiro atoms. The maximum atomic E-state index is 11.9. The summed E-state index contributed by atoms with van der Waals surface area (Å²) in [4.78, 5) is 17.1. The summed E-state index contributed by atoms with van der Waals surface area (Å²) in [7, 11) is 0. The topological polar surface area (TPSA) is 80.8 Å². The van der Waals surface area contributed by atoms with Crippen LogP contribution in [0.4, 0.5) is 10.6 Å². The van der Waals surface area contributed by atoms with Gasteiger partial charge in [-0.3, -0.25) is 9.69 Å². The maximum Gasteiger partial charge on any atom is 0.291 e. The minimum absolute atomic E-state index is 0.179. The summed E-state index contributed by atoms with van der Waals surface area (Å²) >= 11 is 6.78. The number of thioether (sulfide) groups is 1. The summed E-state index contributed by atoms with van der Waals surface area (Å²) in [6, 6.07) is 6.52. The van der Waals surface area contributed by atoms with Crippen LogP contribution in [0.3, 0.4) is 0 Å². The van der Waals surface area contributed by atoms with Crippen molar-refractivity contribution in [3.63, 3.8) is 0 Å². The number of nitrogens with zero attached hydrogens (tertiary/aromatic N) is 4. The van der Waals surface area contributed by atoms with Crippen LogP contribution in [0.1, 0.15) is 6.92 Å². The molecule has 0 N–H and O–H groups in total. The van der Waals surface area contributed by atoms with E-state index < -0.39 is 0 Å². The van der Waals surface area contributed by atoms with Gasteiger partial charge in [0.05, 0.1) is 5.02 Å². The third-order valence-corrected chi connectivity index (χ3v) is 2.88. The summed E-state index contributed by atoms with van der Waals surface area (Å²) in [6.45, 7) is 1.83. The lowest BCUT2D eigenvalue weighted by Gasteiger charge is -2.16.